The van der Waals surface area contributed by atoms with E-state index in [9.17, 15) is 13.2 Å². The lowest BCUT2D eigenvalue weighted by molar-refractivity contribution is -0.0716. The molecule has 0 bridgehead atoms. The number of sulfonamides is 1. The Morgan fingerprint density at radius 2 is 1.73 bits per heavy atom. The Morgan fingerprint density at radius 3 is 2.40 bits per heavy atom. The summed E-state index contributed by atoms with van der Waals surface area (Å²) in [7, 11) is -3.60. The predicted molar refractivity (Wildman–Crippen MR) is 113 cm³/mol. The van der Waals surface area contributed by atoms with E-state index in [0.717, 1.165) is 25.7 Å². The second-order valence-corrected chi connectivity index (χ2v) is 9.61. The van der Waals surface area contributed by atoms with Crippen LogP contribution in [0.25, 0.3) is 0 Å². The van der Waals surface area contributed by atoms with Crippen LogP contribution < -0.4 is 19.5 Å². The maximum atomic E-state index is 12.6. The average molecular weight is 431 g/mol. The van der Waals surface area contributed by atoms with Gasteiger partial charge in [-0.15, -0.1) is 0 Å². The molecule has 1 heterocycles. The third-order valence-electron chi connectivity index (χ3n) is 5.55. The maximum Gasteiger partial charge on any atom is 0.255 e. The van der Waals surface area contributed by atoms with E-state index >= 15 is 0 Å². The molecule has 160 valence electrons. The summed E-state index contributed by atoms with van der Waals surface area (Å²) in [6.07, 6.45) is 4.58. The highest BCUT2D eigenvalue weighted by molar-refractivity contribution is 7.89. The molecule has 4 rings (SSSR count). The number of benzene rings is 2. The first-order valence-electron chi connectivity index (χ1n) is 10.3. The molecule has 0 aromatic heterocycles. The molecule has 1 unspecified atom stereocenters. The number of anilines is 1. The van der Waals surface area contributed by atoms with Gasteiger partial charge in [-0.05, 0) is 62.6 Å². The Hall–Kier alpha value is -2.58. The van der Waals surface area contributed by atoms with Crippen molar-refractivity contribution in [1.29, 1.82) is 0 Å². The van der Waals surface area contributed by atoms with Crippen molar-refractivity contribution in [3.05, 3.63) is 48.0 Å². The van der Waals surface area contributed by atoms with Gasteiger partial charge in [0.25, 0.3) is 11.7 Å². The molecule has 2 aliphatic rings. The highest BCUT2D eigenvalue weighted by atomic mass is 32.2. The van der Waals surface area contributed by atoms with Crippen LogP contribution >= 0.6 is 0 Å². The molecule has 2 aromatic carbocycles. The van der Waals surface area contributed by atoms with Crippen LogP contribution in [0.3, 0.4) is 0 Å². The van der Waals surface area contributed by atoms with Crippen molar-refractivity contribution in [3.8, 4) is 11.5 Å². The van der Waals surface area contributed by atoms with E-state index in [4.69, 9.17) is 9.47 Å². The van der Waals surface area contributed by atoms with Crippen LogP contribution in [-0.4, -0.2) is 26.2 Å². The lowest BCUT2D eigenvalue weighted by atomic mass is 10.2. The Balaban J connectivity index is 1.44. The molecule has 1 amide bonds. The number of carbonyl (C=O) groups is 1. The summed E-state index contributed by atoms with van der Waals surface area (Å²) in [6.45, 7) is 3.71. The quantitative estimate of drug-likeness (QED) is 0.721. The number of nitrogens with one attached hydrogen (secondary N) is 2. The first kappa shape index (κ1) is 20.7. The minimum absolute atomic E-state index is 0.129. The molecule has 7 nitrogen and oxygen atoms in total. The standard InChI is InChI=1S/C22H26N2O5S/c1-3-15(2)24-30(26,27)18-9-6-16(7-10-18)21(25)23-17-8-11-19-20(14-17)29-22(28-19)12-4-5-13-22/h6-11,14-15,24H,3-5,12-13H2,1-2H3,(H,23,25). The first-order valence-corrected chi connectivity index (χ1v) is 11.7. The van der Waals surface area contributed by atoms with E-state index in [0.29, 0.717) is 29.2 Å². The topological polar surface area (TPSA) is 93.7 Å². The highest BCUT2D eigenvalue weighted by Crippen LogP contribution is 2.47. The highest BCUT2D eigenvalue weighted by Gasteiger charge is 2.44. The van der Waals surface area contributed by atoms with Crippen LogP contribution in [0.15, 0.2) is 47.4 Å². The molecule has 1 fully saturated rings. The zero-order valence-electron chi connectivity index (χ0n) is 17.1. The average Bonchev–Trinajstić information content (AvgIpc) is 3.33. The zero-order chi connectivity index (χ0) is 21.4. The second-order valence-electron chi connectivity index (χ2n) is 7.89. The molecule has 1 aliphatic carbocycles. The molecule has 0 radical (unpaired) electrons. The van der Waals surface area contributed by atoms with Crippen molar-refractivity contribution in [1.82, 2.24) is 4.72 Å². The van der Waals surface area contributed by atoms with Crippen molar-refractivity contribution in [3.63, 3.8) is 0 Å². The molecule has 1 saturated carbocycles. The van der Waals surface area contributed by atoms with Gasteiger partial charge in [0.05, 0.1) is 4.90 Å². The zero-order valence-corrected chi connectivity index (χ0v) is 17.9. The van der Waals surface area contributed by atoms with Crippen molar-refractivity contribution >= 4 is 21.6 Å². The maximum absolute atomic E-state index is 12.6. The van der Waals surface area contributed by atoms with Crippen LogP contribution in [0, 0.1) is 0 Å². The van der Waals surface area contributed by atoms with E-state index in [2.05, 4.69) is 10.0 Å². The lowest BCUT2D eigenvalue weighted by Crippen LogP contribution is -2.34. The molecule has 8 heteroatoms. The van der Waals surface area contributed by atoms with Crippen molar-refractivity contribution in [2.45, 2.75) is 62.7 Å². The fourth-order valence-electron chi connectivity index (χ4n) is 3.69. The van der Waals surface area contributed by atoms with E-state index in [-0.39, 0.29) is 16.8 Å². The molecule has 0 saturated heterocycles. The fourth-order valence-corrected chi connectivity index (χ4v) is 5.02. The minimum Gasteiger partial charge on any atom is -0.448 e. The monoisotopic (exact) mass is 430 g/mol. The second kappa shape index (κ2) is 7.92. The van der Waals surface area contributed by atoms with Gasteiger partial charge in [0.2, 0.25) is 10.0 Å². The molecular weight excluding hydrogens is 404 g/mol. The van der Waals surface area contributed by atoms with Gasteiger partial charge >= 0.3 is 0 Å². The van der Waals surface area contributed by atoms with Crippen molar-refractivity contribution in [2.75, 3.05) is 5.32 Å². The number of amides is 1. The van der Waals surface area contributed by atoms with Crippen LogP contribution in [-0.2, 0) is 10.0 Å². The normalized spacial score (nSPS) is 17.8. The summed E-state index contributed by atoms with van der Waals surface area (Å²) in [5.74, 6) is 0.448. The third kappa shape index (κ3) is 4.15. The van der Waals surface area contributed by atoms with Crippen LogP contribution in [0.4, 0.5) is 5.69 Å². The van der Waals surface area contributed by atoms with Crippen LogP contribution in [0.2, 0.25) is 0 Å². The van der Waals surface area contributed by atoms with E-state index in [1.807, 2.05) is 6.92 Å². The smallest absolute Gasteiger partial charge is 0.255 e. The Morgan fingerprint density at radius 1 is 1.07 bits per heavy atom. The number of fused-ring (bicyclic) bond motifs is 1. The summed E-state index contributed by atoms with van der Waals surface area (Å²) in [6, 6.07) is 11.0. The molecular formula is C22H26N2O5S. The summed E-state index contributed by atoms with van der Waals surface area (Å²) in [5, 5.41) is 2.83. The van der Waals surface area contributed by atoms with Gasteiger partial charge in [-0.3, -0.25) is 4.79 Å². The van der Waals surface area contributed by atoms with Crippen LogP contribution in [0.1, 0.15) is 56.3 Å². The van der Waals surface area contributed by atoms with Gasteiger partial charge in [-0.2, -0.15) is 0 Å². The molecule has 30 heavy (non-hydrogen) atoms. The molecule has 1 spiro atoms. The Labute approximate surface area is 176 Å². The number of ether oxygens (including phenoxy) is 2. The van der Waals surface area contributed by atoms with Crippen LogP contribution in [0.5, 0.6) is 11.5 Å². The fraction of sp³-hybridized carbons (Fsp3) is 0.409. The van der Waals surface area contributed by atoms with Gasteiger partial charge in [-0.1, -0.05) is 6.92 Å². The predicted octanol–water partition coefficient (Wildman–Crippen LogP) is 4.06. The number of carbonyl (C=O) groups excluding carboxylic acids is 1. The van der Waals surface area contributed by atoms with Gasteiger partial charge in [0, 0.05) is 36.2 Å². The lowest BCUT2D eigenvalue weighted by Gasteiger charge is -2.21. The SMILES string of the molecule is CCC(C)NS(=O)(=O)c1ccc(C(=O)Nc2ccc3c(c2)OC2(CCCC2)O3)cc1. The Kier molecular flexibility index (Phi) is 5.46. The van der Waals surface area contributed by atoms with Gasteiger partial charge in [0.15, 0.2) is 11.5 Å². The van der Waals surface area contributed by atoms with Gasteiger partial charge in [-0.25, -0.2) is 13.1 Å². The van der Waals surface area contributed by atoms with Crippen molar-refractivity contribution < 1.29 is 22.7 Å². The Bertz CT molecular complexity index is 1040. The molecule has 2 aromatic rings. The summed E-state index contributed by atoms with van der Waals surface area (Å²) in [5.41, 5.74) is 0.954. The summed E-state index contributed by atoms with van der Waals surface area (Å²) < 4.78 is 39.3. The first-order chi connectivity index (χ1) is 14.3. The molecule has 1 aliphatic heterocycles. The summed E-state index contributed by atoms with van der Waals surface area (Å²) >= 11 is 0. The number of hydrogen-bond donors (Lipinski definition) is 2. The molecule has 1 atom stereocenters. The van der Waals surface area contributed by atoms with E-state index in [1.54, 1.807) is 25.1 Å². The van der Waals surface area contributed by atoms with Crippen molar-refractivity contribution in [2.24, 2.45) is 0 Å². The van der Waals surface area contributed by atoms with E-state index < -0.39 is 15.8 Å². The number of hydrogen-bond acceptors (Lipinski definition) is 5. The number of rotatable bonds is 6. The van der Waals surface area contributed by atoms with E-state index in [1.165, 1.54) is 24.3 Å². The molecule has 2 N–H and O–H groups in total. The largest absolute Gasteiger partial charge is 0.448 e. The summed E-state index contributed by atoms with van der Waals surface area (Å²) in [4.78, 5) is 12.7. The van der Waals surface area contributed by atoms with Gasteiger partial charge < -0.3 is 14.8 Å². The minimum atomic E-state index is -3.60. The van der Waals surface area contributed by atoms with Gasteiger partial charge in [0.1, 0.15) is 0 Å². The third-order valence-corrected chi connectivity index (χ3v) is 7.16.